The average Bonchev–Trinajstić information content (AvgIpc) is 3.64. The summed E-state index contributed by atoms with van der Waals surface area (Å²) in [4.78, 5) is 81.2. The zero-order valence-corrected chi connectivity index (χ0v) is 33.8. The number of likely N-dealkylation sites (N-methyl/N-ethyl adjacent to an activating group) is 1. The third kappa shape index (κ3) is 15.7. The van der Waals surface area contributed by atoms with Gasteiger partial charge in [0.05, 0.1) is 18.5 Å². The number of benzene rings is 3. The number of carboxylic acids is 2. The smallest absolute Gasteiger partial charge is 0.475 e. The topological polar surface area (TPSA) is 213 Å². The first-order chi connectivity index (χ1) is 29.7. The van der Waals surface area contributed by atoms with Gasteiger partial charge in [-0.15, -0.1) is 0 Å². The Morgan fingerprint density at radius 1 is 0.651 bits per heavy atom. The molecule has 63 heavy (non-hydrogen) atoms. The molecule has 340 valence electrons. The number of aliphatic carboxylic acids is 2. The van der Waals surface area contributed by atoms with E-state index in [1.54, 1.807) is 0 Å². The minimum atomic E-state index is -5.08. The van der Waals surface area contributed by atoms with E-state index in [-0.39, 0.29) is 37.6 Å². The molecule has 7 N–H and O–H groups in total. The number of nitrogens with one attached hydrogen (secondary N) is 5. The maximum Gasteiger partial charge on any atom is 0.490 e. The van der Waals surface area contributed by atoms with Crippen molar-refractivity contribution in [3.8, 4) is 0 Å². The number of carbonyl (C=O) groups excluding carboxylic acids is 4. The van der Waals surface area contributed by atoms with Crippen LogP contribution < -0.4 is 21.3 Å². The van der Waals surface area contributed by atoms with Crippen molar-refractivity contribution in [2.45, 2.75) is 62.2 Å². The van der Waals surface area contributed by atoms with Gasteiger partial charge in [-0.05, 0) is 36.2 Å². The first-order valence-corrected chi connectivity index (χ1v) is 19.5. The first kappa shape index (κ1) is 49.2. The number of hydrogen-bond donors (Lipinski definition) is 7. The van der Waals surface area contributed by atoms with Crippen LogP contribution in [0.3, 0.4) is 0 Å². The van der Waals surface area contributed by atoms with E-state index < -0.39 is 60.3 Å². The van der Waals surface area contributed by atoms with Gasteiger partial charge in [-0.1, -0.05) is 78.9 Å². The highest BCUT2D eigenvalue weighted by atomic mass is 19.4. The van der Waals surface area contributed by atoms with Crippen molar-refractivity contribution in [2.24, 2.45) is 0 Å². The van der Waals surface area contributed by atoms with Gasteiger partial charge in [-0.2, -0.15) is 26.3 Å². The number of aromatic nitrogens is 1. The summed E-state index contributed by atoms with van der Waals surface area (Å²) in [6, 6.07) is 24.0. The number of halogens is 6. The molecule has 15 nitrogen and oxygen atoms in total. The van der Waals surface area contributed by atoms with E-state index in [9.17, 15) is 45.5 Å². The molecule has 4 amide bonds. The summed E-state index contributed by atoms with van der Waals surface area (Å²) in [5.41, 5.74) is 3.66. The van der Waals surface area contributed by atoms with Gasteiger partial charge >= 0.3 is 24.3 Å². The Morgan fingerprint density at radius 3 is 1.70 bits per heavy atom. The number of amides is 4. The van der Waals surface area contributed by atoms with Gasteiger partial charge in [-0.25, -0.2) is 9.59 Å². The van der Waals surface area contributed by atoms with Crippen LogP contribution >= 0.6 is 0 Å². The quantitative estimate of drug-likeness (QED) is 0.135. The van der Waals surface area contributed by atoms with Crippen LogP contribution in [0.25, 0.3) is 10.9 Å². The van der Waals surface area contributed by atoms with Crippen LogP contribution in [0.1, 0.15) is 23.1 Å². The second-order valence-corrected chi connectivity index (χ2v) is 14.7. The summed E-state index contributed by atoms with van der Waals surface area (Å²) in [6.07, 6.45) is -7.50. The van der Waals surface area contributed by atoms with E-state index in [4.69, 9.17) is 19.8 Å². The van der Waals surface area contributed by atoms with Gasteiger partial charge in [0.2, 0.25) is 23.6 Å². The van der Waals surface area contributed by atoms with E-state index in [0.29, 0.717) is 19.5 Å². The number of nitrogens with zero attached hydrogens (tertiary/aromatic N) is 2. The lowest BCUT2D eigenvalue weighted by atomic mass is 10.00. The lowest BCUT2D eigenvalue weighted by Gasteiger charge is -2.37. The number of aromatic amines is 1. The van der Waals surface area contributed by atoms with Crippen molar-refractivity contribution < 1.29 is 65.3 Å². The van der Waals surface area contributed by atoms with Gasteiger partial charge in [0, 0.05) is 62.7 Å². The highest BCUT2D eigenvalue weighted by Gasteiger charge is 2.39. The number of alkyl halides is 6. The Balaban J connectivity index is 0.000000537. The van der Waals surface area contributed by atoms with Crippen LogP contribution in [0.5, 0.6) is 0 Å². The van der Waals surface area contributed by atoms with Crippen molar-refractivity contribution in [3.63, 3.8) is 0 Å². The number of piperazine rings is 1. The maximum atomic E-state index is 14.2. The molecule has 0 aliphatic carbocycles. The number of H-pyrrole nitrogens is 1. The van der Waals surface area contributed by atoms with E-state index >= 15 is 0 Å². The summed E-state index contributed by atoms with van der Waals surface area (Å²) in [5.74, 6) is -7.02. The summed E-state index contributed by atoms with van der Waals surface area (Å²) in [5, 5.41) is 27.3. The minimum absolute atomic E-state index is 0.101. The Kier molecular flexibility index (Phi) is 17.6. The van der Waals surface area contributed by atoms with Crippen LogP contribution in [-0.2, 0) is 48.0 Å². The Hall–Kier alpha value is -6.48. The predicted molar refractivity (Wildman–Crippen MR) is 216 cm³/mol. The van der Waals surface area contributed by atoms with Crippen molar-refractivity contribution in [2.75, 3.05) is 39.8 Å². The minimum Gasteiger partial charge on any atom is -0.475 e. The molecule has 1 aromatic heterocycles. The number of carbonyl (C=O) groups is 6. The zero-order valence-electron chi connectivity index (χ0n) is 33.8. The molecule has 2 aliphatic heterocycles. The highest BCUT2D eigenvalue weighted by molar-refractivity contribution is 5.95. The SMILES string of the molecule is CN1CCN([C@@H]2CC(=O)N[C@@H](Cc3c[nH]c4ccccc34)C(=O)N[C@@H](Cc3ccccc3)C(=O)N[C@H](Cc3ccccc3)CNC2=O)CC1.O=C(O)C(F)(F)F.O=C(O)C(F)(F)F. The lowest BCUT2D eigenvalue weighted by Crippen LogP contribution is -2.60. The Bertz CT molecular complexity index is 2140. The highest BCUT2D eigenvalue weighted by Crippen LogP contribution is 2.20. The number of rotatable bonds is 7. The third-order valence-electron chi connectivity index (χ3n) is 10.0. The maximum absolute atomic E-state index is 14.2. The number of carboxylic acid groups (broad SMARTS) is 2. The monoisotopic (exact) mass is 891 g/mol. The van der Waals surface area contributed by atoms with Crippen molar-refractivity contribution >= 4 is 46.5 Å². The van der Waals surface area contributed by atoms with Crippen LogP contribution in [0.2, 0.25) is 0 Å². The fourth-order valence-electron chi connectivity index (χ4n) is 6.73. The Labute approximate surface area is 357 Å². The fourth-order valence-corrected chi connectivity index (χ4v) is 6.73. The van der Waals surface area contributed by atoms with Crippen molar-refractivity contribution in [1.82, 2.24) is 36.1 Å². The first-order valence-electron chi connectivity index (χ1n) is 19.5. The molecule has 2 fully saturated rings. The molecule has 21 heteroatoms. The zero-order chi connectivity index (χ0) is 46.3. The molecule has 0 bridgehead atoms. The van der Waals surface area contributed by atoms with E-state index in [1.807, 2.05) is 103 Å². The van der Waals surface area contributed by atoms with Crippen molar-refractivity contribution in [3.05, 3.63) is 108 Å². The normalized spacial score (nSPS) is 20.9. The number of fused-ring (bicyclic) bond motifs is 1. The lowest BCUT2D eigenvalue weighted by molar-refractivity contribution is -0.193. The molecule has 3 aromatic carbocycles. The van der Waals surface area contributed by atoms with Gasteiger partial charge in [-0.3, -0.25) is 24.1 Å². The number of hydrogen-bond acceptors (Lipinski definition) is 8. The second kappa shape index (κ2) is 22.6. The molecular formula is C42H47F6N7O8. The van der Waals surface area contributed by atoms with E-state index in [2.05, 4.69) is 31.2 Å². The molecule has 0 radical (unpaired) electrons. The van der Waals surface area contributed by atoms with Gasteiger partial charge in [0.25, 0.3) is 0 Å². The standard InChI is InChI=1S/C38H45N7O4.2C2HF3O2/c1-44-16-18-45(19-17-44)34-23-35(46)42-33(22-28-24-39-31-15-9-8-14-30(28)31)37(48)43-32(21-27-12-6-3-7-13-27)36(47)41-29(25-40-38(34)49)20-26-10-4-2-5-11-26;2*3-2(4,5)1(6)7/h2-15,24,29,32-34,39H,16-23,25H2,1H3,(H,40,49)(H,41,47)(H,42,46)(H,43,48);2*(H,6,7)/t29-,32+,33+,34-;;/m1../s1. The molecule has 6 rings (SSSR count). The van der Waals surface area contributed by atoms with Gasteiger partial charge in [0.15, 0.2) is 0 Å². The van der Waals surface area contributed by atoms with Crippen LogP contribution in [-0.4, -0.2) is 137 Å². The summed E-state index contributed by atoms with van der Waals surface area (Å²) in [6.45, 7) is 2.97. The average molecular weight is 892 g/mol. The Morgan fingerprint density at radius 2 is 1.14 bits per heavy atom. The molecule has 3 heterocycles. The molecule has 2 aliphatic rings. The fraction of sp³-hybridized carbons (Fsp3) is 0.381. The molecule has 0 unspecified atom stereocenters. The predicted octanol–water partition coefficient (Wildman–Crippen LogP) is 3.05. The summed E-state index contributed by atoms with van der Waals surface area (Å²) in [7, 11) is 2.04. The molecule has 0 spiro atoms. The molecule has 4 aromatic rings. The molecular weight excluding hydrogens is 844 g/mol. The van der Waals surface area contributed by atoms with Crippen LogP contribution in [0, 0.1) is 0 Å². The third-order valence-corrected chi connectivity index (χ3v) is 10.0. The molecule has 0 saturated carbocycles. The summed E-state index contributed by atoms with van der Waals surface area (Å²) >= 11 is 0. The van der Waals surface area contributed by atoms with Crippen LogP contribution in [0.4, 0.5) is 26.3 Å². The largest absolute Gasteiger partial charge is 0.490 e. The molecule has 2 saturated heterocycles. The van der Waals surface area contributed by atoms with Crippen molar-refractivity contribution in [1.29, 1.82) is 0 Å². The van der Waals surface area contributed by atoms with E-state index in [1.165, 1.54) is 0 Å². The van der Waals surface area contributed by atoms with Gasteiger partial charge in [0.1, 0.15) is 12.1 Å². The van der Waals surface area contributed by atoms with Gasteiger partial charge < -0.3 is 41.4 Å². The second-order valence-electron chi connectivity index (χ2n) is 14.7. The summed E-state index contributed by atoms with van der Waals surface area (Å²) < 4.78 is 63.5. The molecule has 4 atom stereocenters. The van der Waals surface area contributed by atoms with Crippen LogP contribution in [0.15, 0.2) is 91.1 Å². The van der Waals surface area contributed by atoms with E-state index in [0.717, 1.165) is 40.7 Å². The number of para-hydroxylation sites is 1.